The molecule has 2 N–H and O–H groups in total. The van der Waals surface area contributed by atoms with Crippen LogP contribution >= 0.6 is 0 Å². The molecule has 1 aromatic carbocycles. The molecule has 1 fully saturated rings. The van der Waals surface area contributed by atoms with E-state index < -0.39 is 10.0 Å². The molecular weight excluding hydrogens is 358 g/mol. The third-order valence-corrected chi connectivity index (χ3v) is 7.12. The van der Waals surface area contributed by atoms with Gasteiger partial charge in [0.1, 0.15) is 5.65 Å². The van der Waals surface area contributed by atoms with Gasteiger partial charge in [-0.3, -0.25) is 0 Å². The smallest absolute Gasteiger partial charge is 0.240 e. The first-order chi connectivity index (χ1) is 13.0. The number of aromatic amines is 1. The monoisotopic (exact) mass is 383 g/mol. The fourth-order valence-corrected chi connectivity index (χ4v) is 5.30. The molecule has 1 aliphatic rings. The van der Waals surface area contributed by atoms with Gasteiger partial charge < -0.3 is 4.98 Å². The van der Waals surface area contributed by atoms with Crippen molar-refractivity contribution < 1.29 is 8.42 Å². The van der Waals surface area contributed by atoms with E-state index in [0.717, 1.165) is 53.5 Å². The van der Waals surface area contributed by atoms with Crippen LogP contribution in [0, 0.1) is 5.92 Å². The summed E-state index contributed by atoms with van der Waals surface area (Å²) in [7, 11) is -3.49. The normalized spacial score (nSPS) is 20.4. The Labute approximate surface area is 160 Å². The quantitative estimate of drug-likeness (QED) is 0.691. The Morgan fingerprint density at radius 3 is 2.63 bits per heavy atom. The van der Waals surface area contributed by atoms with Crippen molar-refractivity contribution in [2.45, 2.75) is 50.5 Å². The molecule has 27 heavy (non-hydrogen) atoms. The second-order valence-corrected chi connectivity index (χ2v) is 9.14. The Balaban J connectivity index is 1.63. The zero-order chi connectivity index (χ0) is 19.0. The molecule has 1 saturated carbocycles. The second-order valence-electron chi connectivity index (χ2n) is 7.43. The molecular formula is C21H25N3O2S. The van der Waals surface area contributed by atoms with Crippen LogP contribution in [0.5, 0.6) is 0 Å². The summed E-state index contributed by atoms with van der Waals surface area (Å²) in [5.41, 5.74) is 4.03. The van der Waals surface area contributed by atoms with Crippen molar-refractivity contribution in [1.82, 2.24) is 14.7 Å². The number of aryl methyl sites for hydroxylation is 1. The zero-order valence-electron chi connectivity index (χ0n) is 15.7. The molecule has 3 aromatic rings. The molecule has 5 nitrogen and oxygen atoms in total. The molecule has 142 valence electrons. The molecule has 0 amide bonds. The van der Waals surface area contributed by atoms with Gasteiger partial charge in [0.25, 0.3) is 0 Å². The second kappa shape index (κ2) is 7.09. The summed E-state index contributed by atoms with van der Waals surface area (Å²) in [5.74, 6) is 0.394. The van der Waals surface area contributed by atoms with E-state index in [1.165, 1.54) is 0 Å². The molecule has 6 heteroatoms. The zero-order valence-corrected chi connectivity index (χ0v) is 16.5. The number of pyridine rings is 1. The number of H-pyrrole nitrogens is 1. The minimum atomic E-state index is -3.49. The van der Waals surface area contributed by atoms with Crippen molar-refractivity contribution in [3.8, 4) is 11.1 Å². The highest BCUT2D eigenvalue weighted by Gasteiger charge is 2.28. The van der Waals surface area contributed by atoms with Crippen molar-refractivity contribution in [3.05, 3.63) is 48.3 Å². The number of sulfonamides is 1. The summed E-state index contributed by atoms with van der Waals surface area (Å²) in [6.45, 7) is 4.21. The van der Waals surface area contributed by atoms with Gasteiger partial charge in [-0.15, -0.1) is 0 Å². The van der Waals surface area contributed by atoms with Gasteiger partial charge in [0, 0.05) is 23.3 Å². The van der Waals surface area contributed by atoms with E-state index >= 15 is 0 Å². The summed E-state index contributed by atoms with van der Waals surface area (Å²) >= 11 is 0. The van der Waals surface area contributed by atoms with Crippen molar-refractivity contribution in [1.29, 1.82) is 0 Å². The number of nitrogens with one attached hydrogen (secondary N) is 2. The van der Waals surface area contributed by atoms with Crippen LogP contribution in [0.4, 0.5) is 0 Å². The Hall–Kier alpha value is -2.18. The predicted octanol–water partition coefficient (Wildman–Crippen LogP) is 4.26. The Morgan fingerprint density at radius 1 is 1.19 bits per heavy atom. The van der Waals surface area contributed by atoms with E-state index in [2.05, 4.69) is 34.6 Å². The maximum absolute atomic E-state index is 12.7. The van der Waals surface area contributed by atoms with Crippen molar-refractivity contribution >= 4 is 21.1 Å². The number of fused-ring (bicyclic) bond motifs is 1. The molecule has 2 unspecified atom stereocenters. The van der Waals surface area contributed by atoms with Crippen molar-refractivity contribution in [2.75, 3.05) is 0 Å². The third kappa shape index (κ3) is 3.51. The summed E-state index contributed by atoms with van der Waals surface area (Å²) in [4.78, 5) is 8.03. The molecule has 0 aliphatic heterocycles. The minimum Gasteiger partial charge on any atom is -0.343 e. The molecule has 2 aromatic heterocycles. The molecule has 0 bridgehead atoms. The number of rotatable bonds is 5. The number of hydrogen-bond acceptors (Lipinski definition) is 3. The number of nitrogens with zero attached hydrogens (tertiary/aromatic N) is 1. The largest absolute Gasteiger partial charge is 0.343 e. The Kier molecular flexibility index (Phi) is 4.78. The predicted molar refractivity (Wildman–Crippen MR) is 108 cm³/mol. The summed E-state index contributed by atoms with van der Waals surface area (Å²) in [6.07, 6.45) is 5.78. The van der Waals surface area contributed by atoms with E-state index in [1.54, 1.807) is 18.3 Å². The van der Waals surface area contributed by atoms with Gasteiger partial charge >= 0.3 is 0 Å². The summed E-state index contributed by atoms with van der Waals surface area (Å²) < 4.78 is 28.3. The van der Waals surface area contributed by atoms with Gasteiger partial charge in [0.2, 0.25) is 10.0 Å². The molecule has 2 atom stereocenters. The fourth-order valence-electron chi connectivity index (χ4n) is 3.93. The van der Waals surface area contributed by atoms with E-state index in [9.17, 15) is 8.42 Å². The number of hydrogen-bond donors (Lipinski definition) is 2. The van der Waals surface area contributed by atoms with Crippen LogP contribution in [0.15, 0.2) is 47.5 Å². The van der Waals surface area contributed by atoms with Gasteiger partial charge in [-0.1, -0.05) is 32.4 Å². The highest BCUT2D eigenvalue weighted by molar-refractivity contribution is 7.89. The Bertz CT molecular complexity index is 1050. The number of aromatic nitrogens is 2. The lowest BCUT2D eigenvalue weighted by atomic mass is 10.0. The maximum atomic E-state index is 12.7. The first-order valence-electron chi connectivity index (χ1n) is 9.57. The lowest BCUT2D eigenvalue weighted by Gasteiger charge is -2.17. The maximum Gasteiger partial charge on any atom is 0.240 e. The molecule has 0 saturated heterocycles. The SMILES string of the molecule is CCc1cc2c(-c3ccc(S(=O)(=O)NC4CCCC4C)cc3)ccnc2[nH]1. The van der Waals surface area contributed by atoms with E-state index in [0.29, 0.717) is 10.8 Å². The van der Waals surface area contributed by atoms with Crippen LogP contribution in [-0.2, 0) is 16.4 Å². The van der Waals surface area contributed by atoms with Gasteiger partial charge in [0.15, 0.2) is 0 Å². The van der Waals surface area contributed by atoms with E-state index in [4.69, 9.17) is 0 Å². The van der Waals surface area contributed by atoms with Crippen LogP contribution in [0.3, 0.4) is 0 Å². The average Bonchev–Trinajstić information content (AvgIpc) is 3.27. The van der Waals surface area contributed by atoms with Crippen LogP contribution in [0.2, 0.25) is 0 Å². The highest BCUT2D eigenvalue weighted by Crippen LogP contribution is 2.30. The lowest BCUT2D eigenvalue weighted by Crippen LogP contribution is -2.36. The third-order valence-electron chi connectivity index (χ3n) is 5.61. The van der Waals surface area contributed by atoms with Crippen LogP contribution < -0.4 is 4.72 Å². The van der Waals surface area contributed by atoms with Gasteiger partial charge in [0.05, 0.1) is 4.90 Å². The van der Waals surface area contributed by atoms with Crippen LogP contribution in [0.25, 0.3) is 22.2 Å². The molecule has 2 heterocycles. The summed E-state index contributed by atoms with van der Waals surface area (Å²) in [5, 5.41) is 1.06. The van der Waals surface area contributed by atoms with Crippen LogP contribution in [0.1, 0.15) is 38.8 Å². The first-order valence-corrected chi connectivity index (χ1v) is 11.1. The van der Waals surface area contributed by atoms with Gasteiger partial charge in [-0.05, 0) is 60.6 Å². The fraction of sp³-hybridized carbons (Fsp3) is 0.381. The van der Waals surface area contributed by atoms with E-state index in [-0.39, 0.29) is 6.04 Å². The van der Waals surface area contributed by atoms with Crippen molar-refractivity contribution in [3.63, 3.8) is 0 Å². The number of benzene rings is 1. The van der Waals surface area contributed by atoms with Crippen molar-refractivity contribution in [2.24, 2.45) is 5.92 Å². The topological polar surface area (TPSA) is 74.8 Å². The molecule has 4 rings (SSSR count). The Morgan fingerprint density at radius 2 is 1.96 bits per heavy atom. The van der Waals surface area contributed by atoms with Crippen LogP contribution in [-0.4, -0.2) is 24.4 Å². The molecule has 0 radical (unpaired) electrons. The highest BCUT2D eigenvalue weighted by atomic mass is 32.2. The van der Waals surface area contributed by atoms with Gasteiger partial charge in [-0.25, -0.2) is 18.1 Å². The van der Waals surface area contributed by atoms with E-state index in [1.807, 2.05) is 18.2 Å². The summed E-state index contributed by atoms with van der Waals surface area (Å²) in [6, 6.07) is 11.3. The molecule has 1 aliphatic carbocycles. The lowest BCUT2D eigenvalue weighted by molar-refractivity contribution is 0.476. The minimum absolute atomic E-state index is 0.0434. The average molecular weight is 384 g/mol. The standard InChI is InChI=1S/C21H25N3O2S/c1-3-16-13-19-18(11-12-22-21(19)23-16)15-7-9-17(10-8-15)27(25,26)24-20-6-4-5-14(20)2/h7-14,20,24H,3-6H2,1-2H3,(H,22,23). The molecule has 0 spiro atoms. The van der Waals surface area contributed by atoms with Gasteiger partial charge in [-0.2, -0.15) is 0 Å². The first kappa shape index (κ1) is 18.2.